The number of benzene rings is 1. The molecule has 0 spiro atoms. The lowest BCUT2D eigenvalue weighted by atomic mass is 10.1. The minimum atomic E-state index is -0.675. The lowest BCUT2D eigenvalue weighted by Gasteiger charge is -2.27. The zero-order valence-electron chi connectivity index (χ0n) is 15.0. The summed E-state index contributed by atoms with van der Waals surface area (Å²) < 4.78 is 23.1. The number of rotatable bonds is 4. The molecule has 0 radical (unpaired) electrons. The number of amides is 1. The smallest absolute Gasteiger partial charge is 0.411 e. The number of halogens is 1. The van der Waals surface area contributed by atoms with Crippen LogP contribution in [-0.2, 0) is 20.8 Å². The molecule has 0 unspecified atom stereocenters. The van der Waals surface area contributed by atoms with E-state index in [2.05, 4.69) is 5.32 Å². The quantitative estimate of drug-likeness (QED) is 0.843. The second-order valence-electron chi connectivity index (χ2n) is 7.11. The lowest BCUT2D eigenvalue weighted by molar-refractivity contribution is -0.145. The first-order chi connectivity index (χ1) is 11.7. The summed E-state index contributed by atoms with van der Waals surface area (Å²) in [6.07, 6.45) is -0.0957. The topological polar surface area (TPSA) is 67.9 Å². The number of esters is 1. The standard InChI is InChI=1S/C18H25FN2O4/c1-18(2,3)25-17(23)21-11-14(9-15(21)16(22)24-4)20-10-12-5-7-13(19)8-6-12/h5-8,14-15,20H,9-11H2,1-4H3/t14-,15-/m0/s1. The summed E-state index contributed by atoms with van der Waals surface area (Å²) in [5.41, 5.74) is 0.281. The first kappa shape index (κ1) is 19.2. The highest BCUT2D eigenvalue weighted by atomic mass is 19.1. The van der Waals surface area contributed by atoms with Crippen LogP contribution < -0.4 is 5.32 Å². The predicted molar refractivity (Wildman–Crippen MR) is 90.4 cm³/mol. The Labute approximate surface area is 147 Å². The predicted octanol–water partition coefficient (Wildman–Crippen LogP) is 2.47. The van der Waals surface area contributed by atoms with Crippen molar-refractivity contribution >= 4 is 12.1 Å². The second-order valence-corrected chi connectivity index (χ2v) is 7.11. The zero-order chi connectivity index (χ0) is 18.6. The molecule has 1 N–H and O–H groups in total. The third-order valence-corrected chi connectivity index (χ3v) is 3.91. The van der Waals surface area contributed by atoms with E-state index in [1.54, 1.807) is 32.9 Å². The number of nitrogens with one attached hydrogen (secondary N) is 1. The van der Waals surface area contributed by atoms with E-state index < -0.39 is 23.7 Å². The fourth-order valence-corrected chi connectivity index (χ4v) is 2.73. The van der Waals surface area contributed by atoms with Crippen molar-refractivity contribution in [2.45, 2.75) is 51.4 Å². The molecule has 1 aromatic carbocycles. The lowest BCUT2D eigenvalue weighted by Crippen LogP contribution is -2.44. The summed E-state index contributed by atoms with van der Waals surface area (Å²) >= 11 is 0. The SMILES string of the molecule is COC(=O)[C@@H]1C[C@H](NCc2ccc(F)cc2)CN1C(=O)OC(C)(C)C. The number of nitrogens with zero attached hydrogens (tertiary/aromatic N) is 1. The van der Waals surface area contributed by atoms with Crippen molar-refractivity contribution < 1.29 is 23.5 Å². The summed E-state index contributed by atoms with van der Waals surface area (Å²) in [5.74, 6) is -0.747. The van der Waals surface area contributed by atoms with E-state index in [0.29, 0.717) is 19.5 Å². The Kier molecular flexibility index (Phi) is 6.00. The molecule has 1 heterocycles. The molecular formula is C18H25FN2O4. The molecule has 0 bridgehead atoms. The first-order valence-electron chi connectivity index (χ1n) is 8.25. The van der Waals surface area contributed by atoms with Gasteiger partial charge in [-0.15, -0.1) is 0 Å². The van der Waals surface area contributed by atoms with Gasteiger partial charge in [0, 0.05) is 19.1 Å². The Hall–Kier alpha value is -2.15. The molecule has 0 aromatic heterocycles. The van der Waals surface area contributed by atoms with Crippen molar-refractivity contribution in [1.29, 1.82) is 0 Å². The molecule has 2 atom stereocenters. The monoisotopic (exact) mass is 352 g/mol. The van der Waals surface area contributed by atoms with E-state index in [-0.39, 0.29) is 11.9 Å². The van der Waals surface area contributed by atoms with E-state index in [4.69, 9.17) is 9.47 Å². The molecule has 1 amide bonds. The summed E-state index contributed by atoms with van der Waals surface area (Å²) in [4.78, 5) is 25.8. The number of hydrogen-bond acceptors (Lipinski definition) is 5. The Bertz CT molecular complexity index is 612. The first-order valence-corrected chi connectivity index (χ1v) is 8.25. The molecule has 0 saturated carbocycles. The van der Waals surface area contributed by atoms with Crippen molar-refractivity contribution in [1.82, 2.24) is 10.2 Å². The van der Waals surface area contributed by atoms with Crippen LogP contribution in [0, 0.1) is 5.82 Å². The second kappa shape index (κ2) is 7.82. The third-order valence-electron chi connectivity index (χ3n) is 3.91. The molecule has 7 heteroatoms. The van der Waals surface area contributed by atoms with Gasteiger partial charge in [-0.2, -0.15) is 0 Å². The van der Waals surface area contributed by atoms with Gasteiger partial charge >= 0.3 is 12.1 Å². The molecule has 1 aromatic rings. The highest BCUT2D eigenvalue weighted by Gasteiger charge is 2.41. The third kappa shape index (κ3) is 5.42. The zero-order valence-corrected chi connectivity index (χ0v) is 15.0. The number of likely N-dealkylation sites (tertiary alicyclic amines) is 1. The molecule has 0 aliphatic carbocycles. The Morgan fingerprint density at radius 2 is 1.92 bits per heavy atom. The van der Waals surface area contributed by atoms with Crippen molar-refractivity contribution in [3.05, 3.63) is 35.6 Å². The van der Waals surface area contributed by atoms with Crippen LogP contribution >= 0.6 is 0 Å². The van der Waals surface area contributed by atoms with E-state index in [1.165, 1.54) is 24.1 Å². The van der Waals surface area contributed by atoms with Crippen molar-refractivity contribution in [3.8, 4) is 0 Å². The van der Waals surface area contributed by atoms with Crippen LogP contribution in [0.2, 0.25) is 0 Å². The average Bonchev–Trinajstić information content (AvgIpc) is 2.96. The van der Waals surface area contributed by atoms with Gasteiger partial charge in [-0.1, -0.05) is 12.1 Å². The summed E-state index contributed by atoms with van der Waals surface area (Å²) in [7, 11) is 1.30. The van der Waals surface area contributed by atoms with Gasteiger partial charge < -0.3 is 14.8 Å². The van der Waals surface area contributed by atoms with E-state index in [9.17, 15) is 14.0 Å². The van der Waals surface area contributed by atoms with Gasteiger partial charge in [0.1, 0.15) is 17.5 Å². The van der Waals surface area contributed by atoms with E-state index in [1.807, 2.05) is 0 Å². The highest BCUT2D eigenvalue weighted by molar-refractivity contribution is 5.82. The number of carbonyl (C=O) groups is 2. The van der Waals surface area contributed by atoms with Crippen LogP contribution in [0.5, 0.6) is 0 Å². The maximum atomic E-state index is 13.0. The van der Waals surface area contributed by atoms with E-state index in [0.717, 1.165) is 5.56 Å². The Morgan fingerprint density at radius 3 is 2.48 bits per heavy atom. The number of methoxy groups -OCH3 is 1. The average molecular weight is 352 g/mol. The maximum absolute atomic E-state index is 13.0. The molecule has 6 nitrogen and oxygen atoms in total. The van der Waals surface area contributed by atoms with Gasteiger partial charge in [-0.3, -0.25) is 4.90 Å². The highest BCUT2D eigenvalue weighted by Crippen LogP contribution is 2.22. The summed E-state index contributed by atoms with van der Waals surface area (Å²) in [5, 5.41) is 3.29. The largest absolute Gasteiger partial charge is 0.467 e. The number of carbonyl (C=O) groups excluding carboxylic acids is 2. The summed E-state index contributed by atoms with van der Waals surface area (Å²) in [6, 6.07) is 5.43. The molecule has 1 saturated heterocycles. The normalized spacial score (nSPS) is 20.4. The van der Waals surface area contributed by atoms with Crippen LogP contribution in [0.4, 0.5) is 9.18 Å². The molecular weight excluding hydrogens is 327 g/mol. The van der Waals surface area contributed by atoms with Crippen LogP contribution in [0.3, 0.4) is 0 Å². The van der Waals surface area contributed by atoms with Gasteiger partial charge in [-0.05, 0) is 44.9 Å². The molecule has 1 aliphatic rings. The molecule has 138 valence electrons. The summed E-state index contributed by atoms with van der Waals surface area (Å²) in [6.45, 7) is 6.19. The maximum Gasteiger partial charge on any atom is 0.411 e. The van der Waals surface area contributed by atoms with Crippen molar-refractivity contribution in [2.75, 3.05) is 13.7 Å². The van der Waals surface area contributed by atoms with Gasteiger partial charge in [0.15, 0.2) is 0 Å². The minimum absolute atomic E-state index is 0.0818. The number of ether oxygens (including phenoxy) is 2. The minimum Gasteiger partial charge on any atom is -0.467 e. The van der Waals surface area contributed by atoms with Crippen LogP contribution in [0.1, 0.15) is 32.8 Å². The fourth-order valence-electron chi connectivity index (χ4n) is 2.73. The van der Waals surface area contributed by atoms with Gasteiger partial charge in [-0.25, -0.2) is 14.0 Å². The van der Waals surface area contributed by atoms with Crippen LogP contribution in [-0.4, -0.2) is 48.3 Å². The van der Waals surface area contributed by atoms with Crippen LogP contribution in [0.25, 0.3) is 0 Å². The van der Waals surface area contributed by atoms with Crippen molar-refractivity contribution in [2.24, 2.45) is 0 Å². The fraction of sp³-hybridized carbons (Fsp3) is 0.556. The van der Waals surface area contributed by atoms with Crippen LogP contribution in [0.15, 0.2) is 24.3 Å². The van der Waals surface area contributed by atoms with E-state index >= 15 is 0 Å². The van der Waals surface area contributed by atoms with Gasteiger partial charge in [0.25, 0.3) is 0 Å². The molecule has 25 heavy (non-hydrogen) atoms. The Balaban J connectivity index is 2.00. The van der Waals surface area contributed by atoms with Crippen molar-refractivity contribution in [3.63, 3.8) is 0 Å². The van der Waals surface area contributed by atoms with Gasteiger partial charge in [0.05, 0.1) is 7.11 Å². The molecule has 2 rings (SSSR count). The van der Waals surface area contributed by atoms with Gasteiger partial charge in [0.2, 0.25) is 0 Å². The number of hydrogen-bond donors (Lipinski definition) is 1. The molecule has 1 aliphatic heterocycles. The molecule has 1 fully saturated rings. The Morgan fingerprint density at radius 1 is 1.28 bits per heavy atom.